The Morgan fingerprint density at radius 2 is 1.95 bits per heavy atom. The molecule has 0 atom stereocenters. The Kier molecular flexibility index (Phi) is 4.20. The van der Waals surface area contributed by atoms with E-state index in [9.17, 15) is 4.79 Å². The van der Waals surface area contributed by atoms with Crippen LogP contribution in [0.3, 0.4) is 0 Å². The second-order valence-corrected chi connectivity index (χ2v) is 5.49. The molecule has 100 valence electrons. The van der Waals surface area contributed by atoms with E-state index in [1.165, 1.54) is 0 Å². The van der Waals surface area contributed by atoms with Gasteiger partial charge < -0.3 is 0 Å². The van der Waals surface area contributed by atoms with Crippen LogP contribution in [0.2, 0.25) is 0 Å². The summed E-state index contributed by atoms with van der Waals surface area (Å²) in [5.74, 6) is 0.0321. The van der Waals surface area contributed by atoms with Gasteiger partial charge in [-0.15, -0.1) is 0 Å². The van der Waals surface area contributed by atoms with E-state index in [-0.39, 0.29) is 5.78 Å². The number of rotatable bonds is 4. The van der Waals surface area contributed by atoms with Crippen molar-refractivity contribution in [3.8, 4) is 0 Å². The molecule has 0 amide bonds. The molecule has 1 aromatic carbocycles. The molecule has 2 aromatic rings. The van der Waals surface area contributed by atoms with Crippen LogP contribution in [-0.2, 0) is 6.54 Å². The predicted molar refractivity (Wildman–Crippen MR) is 79.6 cm³/mol. The van der Waals surface area contributed by atoms with Crippen LogP contribution >= 0.6 is 15.9 Å². The third-order valence-electron chi connectivity index (χ3n) is 3.08. The van der Waals surface area contributed by atoms with Crippen molar-refractivity contribution in [3.05, 3.63) is 51.3 Å². The summed E-state index contributed by atoms with van der Waals surface area (Å²) in [4.78, 5) is 12.5. The lowest BCUT2D eigenvalue weighted by Crippen LogP contribution is -2.12. The van der Waals surface area contributed by atoms with Crippen LogP contribution in [0.25, 0.3) is 0 Å². The minimum Gasteiger partial charge on any atom is -0.287 e. The number of ketones is 1. The number of nitrogens with zero attached hydrogens (tertiary/aromatic N) is 2. The number of aryl methyl sites for hydroxylation is 3. The van der Waals surface area contributed by atoms with Gasteiger partial charge in [-0.2, -0.15) is 5.10 Å². The van der Waals surface area contributed by atoms with Gasteiger partial charge in [-0.3, -0.25) is 9.48 Å². The van der Waals surface area contributed by atoms with Crippen molar-refractivity contribution in [2.75, 3.05) is 0 Å². The van der Waals surface area contributed by atoms with Gasteiger partial charge in [0.15, 0.2) is 0 Å². The van der Waals surface area contributed by atoms with E-state index in [0.29, 0.717) is 5.69 Å². The summed E-state index contributed by atoms with van der Waals surface area (Å²) in [6, 6.07) is 5.62. The highest BCUT2D eigenvalue weighted by atomic mass is 79.9. The van der Waals surface area contributed by atoms with Crippen molar-refractivity contribution in [1.29, 1.82) is 0 Å². The summed E-state index contributed by atoms with van der Waals surface area (Å²) in [6.45, 7) is 6.83. The number of aromatic nitrogens is 2. The van der Waals surface area contributed by atoms with Crippen LogP contribution < -0.4 is 0 Å². The quantitative estimate of drug-likeness (QED) is 0.801. The molecule has 0 aliphatic carbocycles. The maximum absolute atomic E-state index is 12.5. The van der Waals surface area contributed by atoms with E-state index in [0.717, 1.165) is 34.1 Å². The molecule has 0 saturated heterocycles. The molecule has 0 radical (unpaired) electrons. The van der Waals surface area contributed by atoms with Gasteiger partial charge in [0, 0.05) is 22.8 Å². The Labute approximate surface area is 121 Å². The molecule has 0 saturated carbocycles. The summed E-state index contributed by atoms with van der Waals surface area (Å²) in [7, 11) is 0. The predicted octanol–water partition coefficient (Wildman–Crippen LogP) is 3.90. The molecule has 0 bridgehead atoms. The van der Waals surface area contributed by atoms with E-state index in [1.54, 1.807) is 16.9 Å². The van der Waals surface area contributed by atoms with E-state index >= 15 is 0 Å². The van der Waals surface area contributed by atoms with E-state index < -0.39 is 0 Å². The van der Waals surface area contributed by atoms with Gasteiger partial charge >= 0.3 is 0 Å². The first-order chi connectivity index (χ1) is 9.04. The first-order valence-electron chi connectivity index (χ1n) is 6.37. The number of carbonyl (C=O) groups excluding carboxylic acids is 1. The Morgan fingerprint density at radius 3 is 2.53 bits per heavy atom. The lowest BCUT2D eigenvalue weighted by atomic mass is 10.0. The van der Waals surface area contributed by atoms with Crippen LogP contribution in [0.1, 0.15) is 40.5 Å². The highest BCUT2D eigenvalue weighted by molar-refractivity contribution is 9.10. The molecule has 1 aromatic heterocycles. The monoisotopic (exact) mass is 320 g/mol. The Hall–Kier alpha value is -1.42. The summed E-state index contributed by atoms with van der Waals surface area (Å²) >= 11 is 3.52. The number of hydrogen-bond donors (Lipinski definition) is 0. The zero-order valence-corrected chi connectivity index (χ0v) is 13.0. The number of hydrogen-bond acceptors (Lipinski definition) is 2. The second-order valence-electron chi connectivity index (χ2n) is 4.69. The fourth-order valence-corrected chi connectivity index (χ4v) is 2.37. The van der Waals surface area contributed by atoms with Gasteiger partial charge in [0.25, 0.3) is 0 Å². The maximum atomic E-state index is 12.5. The fraction of sp³-hybridized carbons (Fsp3) is 0.333. The standard InChI is InChI=1S/C15H17BrN2O/c1-4-7-18-13(5-6-17-18)15(19)12-8-10(2)14(16)11(3)9-12/h5-6,8-9H,4,7H2,1-3H3. The molecule has 1 heterocycles. The molecule has 0 fully saturated rings. The van der Waals surface area contributed by atoms with E-state index in [4.69, 9.17) is 0 Å². The van der Waals surface area contributed by atoms with Crippen LogP contribution in [0.5, 0.6) is 0 Å². The topological polar surface area (TPSA) is 34.9 Å². The second kappa shape index (κ2) is 5.70. The van der Waals surface area contributed by atoms with Gasteiger partial charge in [-0.25, -0.2) is 0 Å². The third-order valence-corrected chi connectivity index (χ3v) is 4.33. The molecule has 0 aliphatic rings. The largest absolute Gasteiger partial charge is 0.287 e. The molecule has 19 heavy (non-hydrogen) atoms. The summed E-state index contributed by atoms with van der Waals surface area (Å²) in [5, 5.41) is 4.20. The van der Waals surface area contributed by atoms with Gasteiger partial charge in [0.05, 0.1) is 0 Å². The lowest BCUT2D eigenvalue weighted by molar-refractivity contribution is 0.102. The van der Waals surface area contributed by atoms with Crippen molar-refractivity contribution in [3.63, 3.8) is 0 Å². The van der Waals surface area contributed by atoms with Crippen LogP contribution in [0.15, 0.2) is 28.9 Å². The first-order valence-corrected chi connectivity index (χ1v) is 7.17. The third kappa shape index (κ3) is 2.78. The maximum Gasteiger partial charge on any atom is 0.211 e. The van der Waals surface area contributed by atoms with Crippen molar-refractivity contribution < 1.29 is 4.79 Å². The average Bonchev–Trinajstić information content (AvgIpc) is 2.83. The van der Waals surface area contributed by atoms with Gasteiger partial charge in [-0.1, -0.05) is 22.9 Å². The van der Waals surface area contributed by atoms with Crippen LogP contribution in [0.4, 0.5) is 0 Å². The minimum absolute atomic E-state index is 0.0321. The molecule has 0 spiro atoms. The Balaban J connectivity index is 2.41. The van der Waals surface area contributed by atoms with E-state index in [1.807, 2.05) is 26.0 Å². The summed E-state index contributed by atoms with van der Waals surface area (Å²) < 4.78 is 2.83. The first kappa shape index (κ1) is 14.0. The summed E-state index contributed by atoms with van der Waals surface area (Å²) in [6.07, 6.45) is 2.64. The molecule has 0 N–H and O–H groups in total. The van der Waals surface area contributed by atoms with Crippen molar-refractivity contribution in [2.24, 2.45) is 0 Å². The minimum atomic E-state index is 0.0321. The number of benzene rings is 1. The zero-order chi connectivity index (χ0) is 14.0. The zero-order valence-electron chi connectivity index (χ0n) is 11.4. The lowest BCUT2D eigenvalue weighted by Gasteiger charge is -2.09. The van der Waals surface area contributed by atoms with Gasteiger partial charge in [-0.05, 0) is 49.6 Å². The van der Waals surface area contributed by atoms with Crippen LogP contribution in [-0.4, -0.2) is 15.6 Å². The van der Waals surface area contributed by atoms with Crippen molar-refractivity contribution in [1.82, 2.24) is 9.78 Å². The Bertz CT molecular complexity index is 593. The molecule has 4 heteroatoms. The molecular weight excluding hydrogens is 304 g/mol. The smallest absolute Gasteiger partial charge is 0.211 e. The average molecular weight is 321 g/mol. The van der Waals surface area contributed by atoms with Crippen molar-refractivity contribution in [2.45, 2.75) is 33.7 Å². The molecule has 2 rings (SSSR count). The summed E-state index contributed by atoms with van der Waals surface area (Å²) in [5.41, 5.74) is 3.52. The number of carbonyl (C=O) groups is 1. The highest BCUT2D eigenvalue weighted by Gasteiger charge is 2.15. The molecule has 3 nitrogen and oxygen atoms in total. The normalized spacial score (nSPS) is 10.7. The fourth-order valence-electron chi connectivity index (χ4n) is 2.14. The molecule has 0 aliphatic heterocycles. The molecule has 0 unspecified atom stereocenters. The van der Waals surface area contributed by atoms with E-state index in [2.05, 4.69) is 28.0 Å². The Morgan fingerprint density at radius 1 is 1.32 bits per heavy atom. The highest BCUT2D eigenvalue weighted by Crippen LogP contribution is 2.23. The molecular formula is C15H17BrN2O. The van der Waals surface area contributed by atoms with Gasteiger partial charge in [0.2, 0.25) is 5.78 Å². The van der Waals surface area contributed by atoms with Crippen LogP contribution in [0, 0.1) is 13.8 Å². The van der Waals surface area contributed by atoms with Gasteiger partial charge in [0.1, 0.15) is 5.69 Å². The number of halogens is 1. The van der Waals surface area contributed by atoms with Crippen molar-refractivity contribution >= 4 is 21.7 Å². The SMILES string of the molecule is CCCn1nccc1C(=O)c1cc(C)c(Br)c(C)c1.